The molecule has 0 rings (SSSR count). The minimum atomic E-state index is -4.29. The molecule has 0 aromatic heterocycles. The molecule has 0 aliphatic heterocycles. The van der Waals surface area contributed by atoms with E-state index in [1.807, 2.05) is 0 Å². The van der Waals surface area contributed by atoms with Gasteiger partial charge in [-0.3, -0.25) is 4.55 Å². The monoisotopic (exact) mass is 256 g/mol. The molecule has 8 heteroatoms. The van der Waals surface area contributed by atoms with Crippen molar-refractivity contribution < 1.29 is 32.5 Å². The fraction of sp³-hybridized carbons (Fsp3) is 0.875. The number of rotatable bonds is 6. The molecule has 3 N–H and O–H groups in total. The van der Waals surface area contributed by atoms with Gasteiger partial charge in [0.05, 0.1) is 27.2 Å². The molecule has 7 nitrogen and oxygen atoms in total. The van der Waals surface area contributed by atoms with Crippen molar-refractivity contribution >= 4 is 16.1 Å². The molecule has 0 heterocycles. The number of aliphatic carboxylic acids is 1. The van der Waals surface area contributed by atoms with Gasteiger partial charge in [0.1, 0.15) is 5.75 Å². The highest BCUT2D eigenvalue weighted by Gasteiger charge is 2.34. The van der Waals surface area contributed by atoms with Crippen molar-refractivity contribution in [2.75, 3.05) is 26.9 Å². The second kappa shape index (κ2) is 5.09. The Kier molecular flexibility index (Phi) is 4.86. The average Bonchev–Trinajstić information content (AvgIpc) is 1.93. The van der Waals surface area contributed by atoms with E-state index in [1.165, 1.54) is 0 Å². The molecular formula is C8H18NO6S+. The van der Waals surface area contributed by atoms with Gasteiger partial charge >= 0.3 is 5.97 Å². The summed E-state index contributed by atoms with van der Waals surface area (Å²) in [5.74, 6) is -1.97. The highest BCUT2D eigenvalue weighted by Crippen LogP contribution is 2.11. The predicted octanol–water partition coefficient (Wildman–Crippen LogP) is -1.22. The third kappa shape index (κ3) is 6.01. The molecule has 96 valence electrons. The van der Waals surface area contributed by atoms with Crippen LogP contribution in [0.4, 0.5) is 0 Å². The van der Waals surface area contributed by atoms with E-state index in [0.29, 0.717) is 0 Å². The Bertz CT molecular complexity index is 344. The summed E-state index contributed by atoms with van der Waals surface area (Å²) < 4.78 is 29.5. The lowest BCUT2D eigenvalue weighted by Crippen LogP contribution is -2.51. The molecule has 16 heavy (non-hydrogen) atoms. The maximum Gasteiger partial charge on any atom is 0.362 e. The summed E-state index contributed by atoms with van der Waals surface area (Å²) in [6.45, 7) is 0. The third-order valence-corrected chi connectivity index (χ3v) is 2.92. The number of nitrogens with zero attached hydrogens (tertiary/aromatic N) is 1. The molecule has 0 aromatic rings. The first kappa shape index (κ1) is 15.3. The van der Waals surface area contributed by atoms with Crippen LogP contribution in [0, 0.1) is 0 Å². The van der Waals surface area contributed by atoms with Crippen LogP contribution in [0.1, 0.15) is 6.42 Å². The number of likely N-dealkylation sites (N-methyl/N-ethyl adjacent to an activating group) is 1. The molecule has 2 atom stereocenters. The minimum Gasteiger partial charge on any atom is -0.477 e. The van der Waals surface area contributed by atoms with Crippen molar-refractivity contribution in [3.8, 4) is 0 Å². The number of carbonyl (C=O) groups is 1. The topological polar surface area (TPSA) is 112 Å². The highest BCUT2D eigenvalue weighted by molar-refractivity contribution is 7.85. The van der Waals surface area contributed by atoms with E-state index in [1.54, 1.807) is 21.1 Å². The third-order valence-electron chi connectivity index (χ3n) is 2.12. The van der Waals surface area contributed by atoms with Gasteiger partial charge in [0.25, 0.3) is 10.1 Å². The Morgan fingerprint density at radius 1 is 1.31 bits per heavy atom. The smallest absolute Gasteiger partial charge is 0.362 e. The molecular weight excluding hydrogens is 238 g/mol. The molecule has 2 unspecified atom stereocenters. The Balaban J connectivity index is 4.61. The first-order chi connectivity index (χ1) is 6.93. The molecule has 0 radical (unpaired) electrons. The molecule has 0 spiro atoms. The van der Waals surface area contributed by atoms with E-state index >= 15 is 0 Å². The fourth-order valence-electron chi connectivity index (χ4n) is 1.32. The van der Waals surface area contributed by atoms with Gasteiger partial charge in [-0.15, -0.1) is 0 Å². The highest BCUT2D eigenvalue weighted by atomic mass is 32.2. The molecule has 0 fully saturated rings. The first-order valence-corrected chi connectivity index (χ1v) is 6.21. The summed E-state index contributed by atoms with van der Waals surface area (Å²) in [4.78, 5) is 10.9. The van der Waals surface area contributed by atoms with Crippen LogP contribution >= 0.6 is 0 Å². The average molecular weight is 256 g/mol. The number of aliphatic hydroxyl groups excluding tert-OH is 1. The predicted molar refractivity (Wildman–Crippen MR) is 56.5 cm³/mol. The van der Waals surface area contributed by atoms with Crippen LogP contribution in [0.25, 0.3) is 0 Å². The van der Waals surface area contributed by atoms with Crippen molar-refractivity contribution in [3.63, 3.8) is 0 Å². The van der Waals surface area contributed by atoms with Crippen LogP contribution in [0.15, 0.2) is 0 Å². The van der Waals surface area contributed by atoms with E-state index < -0.39 is 34.0 Å². The maximum atomic E-state index is 10.9. The van der Waals surface area contributed by atoms with Crippen molar-refractivity contribution in [2.24, 2.45) is 0 Å². The van der Waals surface area contributed by atoms with Crippen LogP contribution in [-0.2, 0) is 14.9 Å². The first-order valence-electron chi connectivity index (χ1n) is 4.60. The Hall–Kier alpha value is -0.700. The van der Waals surface area contributed by atoms with Gasteiger partial charge in [0.15, 0.2) is 6.04 Å². The lowest BCUT2D eigenvalue weighted by Gasteiger charge is -2.32. The maximum absolute atomic E-state index is 10.9. The van der Waals surface area contributed by atoms with Gasteiger partial charge in [0, 0.05) is 6.42 Å². The zero-order valence-corrected chi connectivity index (χ0v) is 10.3. The van der Waals surface area contributed by atoms with Crippen LogP contribution in [0.2, 0.25) is 0 Å². The quantitative estimate of drug-likeness (QED) is 0.406. The summed E-state index contributed by atoms with van der Waals surface area (Å²) >= 11 is 0. The molecule has 0 aliphatic carbocycles. The normalized spacial score (nSPS) is 16.8. The van der Waals surface area contributed by atoms with Gasteiger partial charge in [-0.25, -0.2) is 4.79 Å². The van der Waals surface area contributed by atoms with Crippen LogP contribution in [0.5, 0.6) is 0 Å². The van der Waals surface area contributed by atoms with E-state index in [2.05, 4.69) is 0 Å². The number of carboxylic acids is 1. The van der Waals surface area contributed by atoms with Crippen molar-refractivity contribution in [3.05, 3.63) is 0 Å². The van der Waals surface area contributed by atoms with E-state index in [-0.39, 0.29) is 10.9 Å². The van der Waals surface area contributed by atoms with Gasteiger partial charge < -0.3 is 14.7 Å². The second-order valence-corrected chi connectivity index (χ2v) is 6.11. The summed E-state index contributed by atoms with van der Waals surface area (Å²) in [6, 6.07) is -0.934. The summed E-state index contributed by atoms with van der Waals surface area (Å²) in [5.41, 5.74) is 0. The van der Waals surface area contributed by atoms with Gasteiger partial charge in [-0.2, -0.15) is 8.42 Å². The molecule has 0 bridgehead atoms. The van der Waals surface area contributed by atoms with Crippen molar-refractivity contribution in [1.82, 2.24) is 0 Å². The number of aliphatic hydroxyl groups is 1. The number of hydrogen-bond acceptors (Lipinski definition) is 4. The molecule has 0 aromatic carbocycles. The Morgan fingerprint density at radius 3 is 2.00 bits per heavy atom. The van der Waals surface area contributed by atoms with Crippen LogP contribution in [-0.4, -0.2) is 72.7 Å². The number of carboxylic acid groups (broad SMARTS) is 1. The number of hydrogen-bond donors (Lipinski definition) is 3. The molecule has 0 saturated heterocycles. The van der Waals surface area contributed by atoms with Gasteiger partial charge in [0.2, 0.25) is 0 Å². The van der Waals surface area contributed by atoms with E-state index in [9.17, 15) is 18.3 Å². The lowest BCUT2D eigenvalue weighted by atomic mass is 10.1. The van der Waals surface area contributed by atoms with E-state index in [4.69, 9.17) is 9.66 Å². The molecule has 0 amide bonds. The van der Waals surface area contributed by atoms with Crippen molar-refractivity contribution in [1.29, 1.82) is 0 Å². The Labute approximate surface area is 94.6 Å². The number of quaternary nitrogens is 1. The van der Waals surface area contributed by atoms with Crippen LogP contribution in [0.3, 0.4) is 0 Å². The van der Waals surface area contributed by atoms with Gasteiger partial charge in [-0.05, 0) is 0 Å². The zero-order valence-electron chi connectivity index (χ0n) is 9.49. The largest absolute Gasteiger partial charge is 0.477 e. The standard InChI is InChI=1S/C8H17NO6S/c1-9(2,3)7(8(11)12)4-6(10)5-16(13,14)15/h6-7,10H,4-5H2,1-3H3,(H-,11,12,13,14,15)/p+1. The fourth-order valence-corrected chi connectivity index (χ4v) is 1.94. The SMILES string of the molecule is C[N+](C)(C)C(CC(O)CS(=O)(=O)O)C(=O)O. The lowest BCUT2D eigenvalue weighted by molar-refractivity contribution is -0.888. The molecule has 0 saturated carbocycles. The van der Waals surface area contributed by atoms with E-state index in [0.717, 1.165) is 0 Å². The van der Waals surface area contributed by atoms with Crippen LogP contribution < -0.4 is 0 Å². The summed E-state index contributed by atoms with van der Waals surface area (Å²) in [5, 5.41) is 18.3. The van der Waals surface area contributed by atoms with Gasteiger partial charge in [-0.1, -0.05) is 0 Å². The second-order valence-electron chi connectivity index (χ2n) is 4.61. The zero-order chi connectivity index (χ0) is 13.1. The molecule has 0 aliphatic rings. The summed E-state index contributed by atoms with van der Waals surface area (Å²) in [6.07, 6.45) is -1.63. The minimum absolute atomic E-state index is 0.0534. The Morgan fingerprint density at radius 2 is 1.75 bits per heavy atom. The van der Waals surface area contributed by atoms with Crippen molar-refractivity contribution in [2.45, 2.75) is 18.6 Å². The summed E-state index contributed by atoms with van der Waals surface area (Å²) in [7, 11) is 0.582.